The van der Waals surface area contributed by atoms with Crippen molar-refractivity contribution in [1.82, 2.24) is 4.98 Å². The number of anilines is 1. The van der Waals surface area contributed by atoms with Crippen LogP contribution in [-0.4, -0.2) is 10.9 Å². The van der Waals surface area contributed by atoms with Crippen LogP contribution >= 0.6 is 15.9 Å². The molecule has 0 aliphatic heterocycles. The number of amides is 1. The Bertz CT molecular complexity index is 887. The number of pyridine rings is 1. The van der Waals surface area contributed by atoms with E-state index in [0.29, 0.717) is 11.1 Å². The molecule has 104 valence electrons. The van der Waals surface area contributed by atoms with Gasteiger partial charge in [-0.05, 0) is 35.7 Å². The predicted octanol–water partition coefficient (Wildman–Crippen LogP) is 3.54. The molecule has 0 spiro atoms. The Morgan fingerprint density at radius 3 is 2.67 bits per heavy atom. The van der Waals surface area contributed by atoms with Gasteiger partial charge in [0.15, 0.2) is 0 Å². The summed E-state index contributed by atoms with van der Waals surface area (Å²) in [7, 11) is 0. The Morgan fingerprint density at radius 2 is 1.86 bits per heavy atom. The number of aromatic nitrogens is 1. The molecule has 1 aromatic heterocycles. The van der Waals surface area contributed by atoms with Crippen molar-refractivity contribution in [3.8, 4) is 0 Å². The van der Waals surface area contributed by atoms with Crippen LogP contribution in [0, 0.1) is 0 Å². The number of carbonyl (C=O) groups is 1. The number of carbonyl (C=O) groups excluding carboxylic acids is 1. The quantitative estimate of drug-likeness (QED) is 0.748. The number of hydrogen-bond donors (Lipinski definition) is 2. The van der Waals surface area contributed by atoms with E-state index in [-0.39, 0.29) is 17.2 Å². The lowest BCUT2D eigenvalue weighted by Crippen LogP contribution is -2.18. The Balaban J connectivity index is 1.96. The van der Waals surface area contributed by atoms with Crippen LogP contribution in [-0.2, 0) is 0 Å². The number of benzene rings is 2. The van der Waals surface area contributed by atoms with Crippen LogP contribution in [0.25, 0.3) is 10.8 Å². The predicted molar refractivity (Wildman–Crippen MR) is 86.7 cm³/mol. The van der Waals surface area contributed by atoms with Crippen molar-refractivity contribution in [2.45, 2.75) is 0 Å². The fourth-order valence-corrected chi connectivity index (χ4v) is 2.50. The molecule has 0 aliphatic rings. The molecule has 4 nitrogen and oxygen atoms in total. The minimum absolute atomic E-state index is 0.235. The molecule has 2 N–H and O–H groups in total. The summed E-state index contributed by atoms with van der Waals surface area (Å²) in [5, 5.41) is 4.05. The Morgan fingerprint density at radius 1 is 1.05 bits per heavy atom. The molecule has 3 rings (SSSR count). The zero-order valence-electron chi connectivity index (χ0n) is 10.9. The summed E-state index contributed by atoms with van der Waals surface area (Å²) in [6.45, 7) is 0. The first-order valence-corrected chi connectivity index (χ1v) is 7.12. The monoisotopic (exact) mass is 342 g/mol. The van der Waals surface area contributed by atoms with Crippen LogP contribution in [0.5, 0.6) is 0 Å². The molecule has 0 saturated carbocycles. The molecule has 0 radical (unpaired) electrons. The van der Waals surface area contributed by atoms with Gasteiger partial charge < -0.3 is 10.3 Å². The fourth-order valence-electron chi connectivity index (χ4n) is 2.10. The molecule has 3 aromatic rings. The summed E-state index contributed by atoms with van der Waals surface area (Å²) in [4.78, 5) is 26.8. The van der Waals surface area contributed by atoms with E-state index in [1.54, 1.807) is 36.4 Å². The molecular weight excluding hydrogens is 332 g/mol. The second-order valence-corrected chi connectivity index (χ2v) is 5.48. The molecule has 21 heavy (non-hydrogen) atoms. The molecule has 0 unspecified atom stereocenters. The number of fused-ring (bicyclic) bond motifs is 1. The van der Waals surface area contributed by atoms with Crippen molar-refractivity contribution in [1.29, 1.82) is 0 Å². The lowest BCUT2D eigenvalue weighted by atomic mass is 10.1. The van der Waals surface area contributed by atoms with Crippen LogP contribution in [0.4, 0.5) is 5.69 Å². The van der Waals surface area contributed by atoms with Gasteiger partial charge in [0, 0.05) is 15.5 Å². The summed E-state index contributed by atoms with van der Waals surface area (Å²) in [5.41, 5.74) is 0.620. The summed E-state index contributed by atoms with van der Waals surface area (Å²) in [5.74, 6) is -0.351. The van der Waals surface area contributed by atoms with E-state index >= 15 is 0 Å². The minimum atomic E-state index is -0.351. The number of halogens is 1. The zero-order chi connectivity index (χ0) is 14.8. The molecule has 0 aliphatic carbocycles. The van der Waals surface area contributed by atoms with Gasteiger partial charge in [-0.25, -0.2) is 0 Å². The van der Waals surface area contributed by atoms with Crippen LogP contribution < -0.4 is 10.9 Å². The first kappa shape index (κ1) is 13.6. The molecule has 2 aromatic carbocycles. The van der Waals surface area contributed by atoms with Crippen LogP contribution in [0.2, 0.25) is 0 Å². The zero-order valence-corrected chi connectivity index (χ0v) is 12.5. The SMILES string of the molecule is O=C(Nc1cccc(Br)c1)c1cc2ccccc2c(=O)[nH]1. The number of rotatable bonds is 2. The van der Waals surface area contributed by atoms with Gasteiger partial charge in [0.2, 0.25) is 0 Å². The maximum Gasteiger partial charge on any atom is 0.272 e. The summed E-state index contributed by atoms with van der Waals surface area (Å²) < 4.78 is 0.868. The van der Waals surface area contributed by atoms with Gasteiger partial charge >= 0.3 is 0 Å². The standard InChI is InChI=1S/C16H11BrN2O2/c17-11-5-3-6-12(9-11)18-16(21)14-8-10-4-1-2-7-13(10)15(20)19-14/h1-9H,(H,18,21)(H,19,20). The van der Waals surface area contributed by atoms with Gasteiger partial charge in [-0.15, -0.1) is 0 Å². The molecule has 0 fully saturated rings. The number of aromatic amines is 1. The lowest BCUT2D eigenvalue weighted by Gasteiger charge is -2.06. The van der Waals surface area contributed by atoms with E-state index in [1.807, 2.05) is 18.2 Å². The van der Waals surface area contributed by atoms with Gasteiger partial charge in [0.25, 0.3) is 11.5 Å². The number of hydrogen-bond acceptors (Lipinski definition) is 2. The van der Waals surface area contributed by atoms with Crippen LogP contribution in [0.3, 0.4) is 0 Å². The van der Waals surface area contributed by atoms with Gasteiger partial charge in [-0.1, -0.05) is 40.2 Å². The van der Waals surface area contributed by atoms with Crippen molar-refractivity contribution in [2.75, 3.05) is 5.32 Å². The van der Waals surface area contributed by atoms with Gasteiger partial charge in [0.05, 0.1) is 0 Å². The van der Waals surface area contributed by atoms with Crippen LogP contribution in [0.15, 0.2) is 63.9 Å². The van der Waals surface area contributed by atoms with E-state index in [1.165, 1.54) is 0 Å². The molecule has 5 heteroatoms. The minimum Gasteiger partial charge on any atom is -0.321 e. The van der Waals surface area contributed by atoms with Gasteiger partial charge in [0.1, 0.15) is 5.69 Å². The molecular formula is C16H11BrN2O2. The normalized spacial score (nSPS) is 10.5. The third kappa shape index (κ3) is 2.87. The van der Waals surface area contributed by atoms with E-state index in [9.17, 15) is 9.59 Å². The third-order valence-electron chi connectivity index (χ3n) is 3.08. The highest BCUT2D eigenvalue weighted by Gasteiger charge is 2.09. The largest absolute Gasteiger partial charge is 0.321 e. The molecule has 0 bridgehead atoms. The highest BCUT2D eigenvalue weighted by atomic mass is 79.9. The Hall–Kier alpha value is -2.40. The molecule has 1 amide bonds. The van der Waals surface area contributed by atoms with E-state index in [4.69, 9.17) is 0 Å². The van der Waals surface area contributed by atoms with Crippen molar-refractivity contribution in [2.24, 2.45) is 0 Å². The topological polar surface area (TPSA) is 62.0 Å². The number of H-pyrrole nitrogens is 1. The summed E-state index contributed by atoms with van der Waals surface area (Å²) >= 11 is 3.34. The molecule has 0 saturated heterocycles. The van der Waals surface area contributed by atoms with Crippen molar-refractivity contribution in [3.05, 3.63) is 75.1 Å². The van der Waals surface area contributed by atoms with Gasteiger partial charge in [-0.3, -0.25) is 9.59 Å². The summed E-state index contributed by atoms with van der Waals surface area (Å²) in [6, 6.07) is 16.1. The smallest absolute Gasteiger partial charge is 0.272 e. The average molecular weight is 343 g/mol. The highest BCUT2D eigenvalue weighted by molar-refractivity contribution is 9.10. The molecule has 1 heterocycles. The first-order valence-electron chi connectivity index (χ1n) is 6.32. The van der Waals surface area contributed by atoms with E-state index in [0.717, 1.165) is 9.86 Å². The first-order chi connectivity index (χ1) is 10.1. The second-order valence-electron chi connectivity index (χ2n) is 4.56. The van der Waals surface area contributed by atoms with Gasteiger partial charge in [-0.2, -0.15) is 0 Å². The van der Waals surface area contributed by atoms with Crippen molar-refractivity contribution in [3.63, 3.8) is 0 Å². The van der Waals surface area contributed by atoms with E-state index < -0.39 is 0 Å². The second kappa shape index (κ2) is 5.54. The molecule has 0 atom stereocenters. The number of nitrogens with one attached hydrogen (secondary N) is 2. The maximum absolute atomic E-state index is 12.2. The fraction of sp³-hybridized carbons (Fsp3) is 0. The highest BCUT2D eigenvalue weighted by Crippen LogP contribution is 2.17. The third-order valence-corrected chi connectivity index (χ3v) is 3.57. The van der Waals surface area contributed by atoms with E-state index in [2.05, 4.69) is 26.2 Å². The maximum atomic E-state index is 12.2. The van der Waals surface area contributed by atoms with Crippen molar-refractivity contribution < 1.29 is 4.79 Å². The summed E-state index contributed by atoms with van der Waals surface area (Å²) in [6.07, 6.45) is 0. The lowest BCUT2D eigenvalue weighted by molar-refractivity contribution is 0.102. The Kier molecular flexibility index (Phi) is 3.58. The van der Waals surface area contributed by atoms with Crippen molar-refractivity contribution >= 4 is 38.3 Å². The van der Waals surface area contributed by atoms with Crippen LogP contribution in [0.1, 0.15) is 10.5 Å². The Labute approximate surface area is 128 Å². The average Bonchev–Trinajstić information content (AvgIpc) is 2.47.